The number of carbonyl (C=O) groups is 2. The van der Waals surface area contributed by atoms with Gasteiger partial charge < -0.3 is 0 Å². The molecule has 1 aliphatic heterocycles. The maximum Gasteiger partial charge on any atom is 0.290 e. The number of benzene rings is 2. The molecule has 0 unspecified atom stereocenters. The molecule has 2 amide bonds. The van der Waals surface area contributed by atoms with Crippen LogP contribution < -0.4 is 16.4 Å². The molecule has 0 radical (unpaired) electrons. The maximum absolute atomic E-state index is 12.8. The second-order valence-corrected chi connectivity index (χ2v) is 7.61. The van der Waals surface area contributed by atoms with E-state index in [2.05, 4.69) is 20.9 Å². The molecular formula is C23H25N5O3. The number of amides is 2. The van der Waals surface area contributed by atoms with E-state index in [4.69, 9.17) is 0 Å². The fourth-order valence-corrected chi connectivity index (χ4v) is 3.87. The lowest BCUT2D eigenvalue weighted by atomic mass is 10.1. The van der Waals surface area contributed by atoms with Gasteiger partial charge in [-0.2, -0.15) is 5.10 Å². The third-order valence-electron chi connectivity index (χ3n) is 5.47. The van der Waals surface area contributed by atoms with Crippen molar-refractivity contribution >= 4 is 22.6 Å². The number of nitrogens with zero attached hydrogens (tertiary/aromatic N) is 3. The standard InChI is InChI=1S/C23H25N5O3/c1-2-28-23(31)19-11-4-3-10-18(19)20(26-28)22(30)25-24-21(29)17-9-7-8-16(14-17)15-27-12-5-6-13-27/h3-4,7-11,14H,2,5-6,12-13,15H2,1H3,(H,24,29)(H,25,30). The summed E-state index contributed by atoms with van der Waals surface area (Å²) in [7, 11) is 0. The highest BCUT2D eigenvalue weighted by Crippen LogP contribution is 2.15. The number of rotatable bonds is 5. The Balaban J connectivity index is 1.48. The smallest absolute Gasteiger partial charge is 0.290 e. The highest BCUT2D eigenvalue weighted by atomic mass is 16.2. The van der Waals surface area contributed by atoms with E-state index in [0.717, 1.165) is 25.2 Å². The molecule has 0 spiro atoms. The van der Waals surface area contributed by atoms with Crippen LogP contribution >= 0.6 is 0 Å². The van der Waals surface area contributed by atoms with Crippen LogP contribution in [0, 0.1) is 0 Å². The summed E-state index contributed by atoms with van der Waals surface area (Å²) in [4.78, 5) is 40.2. The molecule has 1 aliphatic rings. The number of nitrogens with one attached hydrogen (secondary N) is 2. The van der Waals surface area contributed by atoms with Crippen LogP contribution in [0.2, 0.25) is 0 Å². The van der Waals surface area contributed by atoms with Gasteiger partial charge in [0.2, 0.25) is 0 Å². The van der Waals surface area contributed by atoms with Gasteiger partial charge in [0, 0.05) is 24.0 Å². The zero-order valence-electron chi connectivity index (χ0n) is 17.4. The Labute approximate surface area is 179 Å². The van der Waals surface area contributed by atoms with Crippen molar-refractivity contribution in [1.29, 1.82) is 0 Å². The Hall–Kier alpha value is -3.52. The topological polar surface area (TPSA) is 96.3 Å². The van der Waals surface area contributed by atoms with E-state index in [9.17, 15) is 14.4 Å². The molecule has 160 valence electrons. The molecule has 31 heavy (non-hydrogen) atoms. The number of aryl methyl sites for hydroxylation is 1. The normalized spacial score (nSPS) is 14.0. The van der Waals surface area contributed by atoms with Crippen LogP contribution in [0.3, 0.4) is 0 Å². The molecule has 2 N–H and O–H groups in total. The first-order chi connectivity index (χ1) is 15.1. The predicted octanol–water partition coefficient (Wildman–Crippen LogP) is 2.09. The molecule has 0 atom stereocenters. The Bertz CT molecular complexity index is 1180. The molecule has 0 bridgehead atoms. The highest BCUT2D eigenvalue weighted by Gasteiger charge is 2.18. The van der Waals surface area contributed by atoms with Crippen molar-refractivity contribution in [3.05, 3.63) is 75.7 Å². The quantitative estimate of drug-likeness (QED) is 0.618. The Kier molecular flexibility index (Phi) is 6.08. The molecule has 2 heterocycles. The largest absolute Gasteiger partial charge is 0.299 e. The van der Waals surface area contributed by atoms with Crippen LogP contribution in [0.5, 0.6) is 0 Å². The van der Waals surface area contributed by atoms with E-state index in [0.29, 0.717) is 22.9 Å². The van der Waals surface area contributed by atoms with Crippen LogP contribution in [-0.4, -0.2) is 39.6 Å². The molecule has 1 aromatic heterocycles. The summed E-state index contributed by atoms with van der Waals surface area (Å²) in [5.41, 5.74) is 6.23. The van der Waals surface area contributed by atoms with Gasteiger partial charge in [-0.3, -0.25) is 30.1 Å². The highest BCUT2D eigenvalue weighted by molar-refractivity contribution is 6.06. The van der Waals surface area contributed by atoms with E-state index in [1.807, 2.05) is 18.2 Å². The summed E-state index contributed by atoms with van der Waals surface area (Å²) in [6.45, 7) is 5.07. The van der Waals surface area contributed by atoms with Crippen LogP contribution in [0.25, 0.3) is 10.8 Å². The molecule has 1 fully saturated rings. The lowest BCUT2D eigenvalue weighted by molar-refractivity contribution is 0.0843. The van der Waals surface area contributed by atoms with Crippen LogP contribution in [-0.2, 0) is 13.1 Å². The summed E-state index contributed by atoms with van der Waals surface area (Å²) in [5.74, 6) is -0.996. The van der Waals surface area contributed by atoms with Gasteiger partial charge in [0.05, 0.1) is 5.39 Å². The van der Waals surface area contributed by atoms with Gasteiger partial charge in [-0.25, -0.2) is 4.68 Å². The average Bonchev–Trinajstić information content (AvgIpc) is 3.31. The first-order valence-corrected chi connectivity index (χ1v) is 10.5. The number of hydrazine groups is 1. The Morgan fingerprint density at radius 2 is 1.68 bits per heavy atom. The van der Waals surface area contributed by atoms with Crippen LogP contribution in [0.1, 0.15) is 46.2 Å². The van der Waals surface area contributed by atoms with Gasteiger partial charge >= 0.3 is 0 Å². The number of hydrogen-bond donors (Lipinski definition) is 2. The van der Waals surface area contributed by atoms with Crippen molar-refractivity contribution < 1.29 is 9.59 Å². The molecule has 3 aromatic rings. The number of likely N-dealkylation sites (tertiary alicyclic amines) is 1. The summed E-state index contributed by atoms with van der Waals surface area (Å²) < 4.78 is 1.24. The minimum absolute atomic E-state index is 0.0835. The third-order valence-corrected chi connectivity index (χ3v) is 5.47. The van der Waals surface area contributed by atoms with Gasteiger partial charge in [-0.05, 0) is 56.6 Å². The molecule has 4 rings (SSSR count). The zero-order valence-corrected chi connectivity index (χ0v) is 17.4. The second-order valence-electron chi connectivity index (χ2n) is 7.61. The molecule has 8 heteroatoms. The number of hydrogen-bond acceptors (Lipinski definition) is 5. The second kappa shape index (κ2) is 9.09. The van der Waals surface area contributed by atoms with Crippen molar-refractivity contribution in [2.24, 2.45) is 0 Å². The van der Waals surface area contributed by atoms with E-state index in [1.54, 1.807) is 37.3 Å². The molecule has 2 aromatic carbocycles. The number of fused-ring (bicyclic) bond motifs is 1. The van der Waals surface area contributed by atoms with Crippen LogP contribution in [0.4, 0.5) is 0 Å². The van der Waals surface area contributed by atoms with Crippen molar-refractivity contribution in [2.45, 2.75) is 32.9 Å². The first kappa shape index (κ1) is 20.7. The average molecular weight is 419 g/mol. The number of aromatic nitrogens is 2. The van der Waals surface area contributed by atoms with Gasteiger partial charge in [0.25, 0.3) is 17.4 Å². The maximum atomic E-state index is 12.8. The van der Waals surface area contributed by atoms with E-state index < -0.39 is 11.8 Å². The van der Waals surface area contributed by atoms with Gasteiger partial charge in [-0.1, -0.05) is 30.3 Å². The van der Waals surface area contributed by atoms with Gasteiger partial charge in [-0.15, -0.1) is 0 Å². The fourth-order valence-electron chi connectivity index (χ4n) is 3.87. The van der Waals surface area contributed by atoms with E-state index in [1.165, 1.54) is 17.5 Å². The third kappa shape index (κ3) is 4.49. The molecule has 0 aliphatic carbocycles. The van der Waals surface area contributed by atoms with E-state index >= 15 is 0 Å². The lowest BCUT2D eigenvalue weighted by Crippen LogP contribution is -2.42. The van der Waals surface area contributed by atoms with Crippen molar-refractivity contribution in [3.63, 3.8) is 0 Å². The van der Waals surface area contributed by atoms with Crippen molar-refractivity contribution in [3.8, 4) is 0 Å². The van der Waals surface area contributed by atoms with Gasteiger partial charge in [0.1, 0.15) is 0 Å². The van der Waals surface area contributed by atoms with E-state index in [-0.39, 0.29) is 11.3 Å². The zero-order chi connectivity index (χ0) is 21.8. The summed E-state index contributed by atoms with van der Waals surface area (Å²) in [6, 6.07) is 14.2. The van der Waals surface area contributed by atoms with Gasteiger partial charge in [0.15, 0.2) is 5.69 Å². The minimum atomic E-state index is -0.583. The summed E-state index contributed by atoms with van der Waals surface area (Å²) in [6.07, 6.45) is 2.42. The first-order valence-electron chi connectivity index (χ1n) is 10.5. The Morgan fingerprint density at radius 3 is 2.42 bits per heavy atom. The lowest BCUT2D eigenvalue weighted by Gasteiger charge is -2.15. The molecule has 8 nitrogen and oxygen atoms in total. The minimum Gasteiger partial charge on any atom is -0.299 e. The van der Waals surface area contributed by atoms with Crippen molar-refractivity contribution in [1.82, 2.24) is 25.5 Å². The predicted molar refractivity (Wildman–Crippen MR) is 118 cm³/mol. The summed E-state index contributed by atoms with van der Waals surface area (Å²) >= 11 is 0. The monoisotopic (exact) mass is 419 g/mol. The molecule has 0 saturated carbocycles. The van der Waals surface area contributed by atoms with Crippen LogP contribution in [0.15, 0.2) is 53.3 Å². The molecular weight excluding hydrogens is 394 g/mol. The summed E-state index contributed by atoms with van der Waals surface area (Å²) in [5, 5.41) is 5.03. The fraction of sp³-hybridized carbons (Fsp3) is 0.304. The molecule has 1 saturated heterocycles. The SMILES string of the molecule is CCn1nc(C(=O)NNC(=O)c2cccc(CN3CCCC3)c2)c2ccccc2c1=O. The van der Waals surface area contributed by atoms with Crippen molar-refractivity contribution in [2.75, 3.05) is 13.1 Å². The Morgan fingerprint density at radius 1 is 0.968 bits per heavy atom. The number of carbonyl (C=O) groups excluding carboxylic acids is 2.